The highest BCUT2D eigenvalue weighted by Crippen LogP contribution is 2.27. The molecule has 2 heterocycles. The van der Waals surface area contributed by atoms with Crippen LogP contribution in [0.5, 0.6) is 11.5 Å². The summed E-state index contributed by atoms with van der Waals surface area (Å²) in [5.74, 6) is -0.0557. The predicted octanol–water partition coefficient (Wildman–Crippen LogP) is 5.84. The molecule has 0 saturated carbocycles. The smallest absolute Gasteiger partial charge is 0.311 e. The van der Waals surface area contributed by atoms with Crippen molar-refractivity contribution in [1.29, 1.82) is 0 Å². The van der Waals surface area contributed by atoms with E-state index < -0.39 is 11.9 Å². The van der Waals surface area contributed by atoms with E-state index in [2.05, 4.69) is 20.4 Å². The number of aryl methyl sites for hydroxylation is 2. The third kappa shape index (κ3) is 5.87. The molecule has 6 aromatic rings. The van der Waals surface area contributed by atoms with Crippen LogP contribution < -0.4 is 9.47 Å². The first kappa shape index (κ1) is 26.8. The fourth-order valence-electron chi connectivity index (χ4n) is 4.56. The highest BCUT2D eigenvalue weighted by Gasteiger charge is 2.16. The summed E-state index contributed by atoms with van der Waals surface area (Å²) in [5, 5.41) is 18.1. The zero-order valence-corrected chi connectivity index (χ0v) is 23.2. The van der Waals surface area contributed by atoms with Crippen molar-refractivity contribution in [2.24, 2.45) is 0 Å². The summed E-state index contributed by atoms with van der Waals surface area (Å²) in [6, 6.07) is 26.0. The van der Waals surface area contributed by atoms with Crippen molar-refractivity contribution in [1.82, 2.24) is 30.0 Å². The van der Waals surface area contributed by atoms with Crippen LogP contribution in [-0.2, 0) is 9.59 Å². The molecule has 0 radical (unpaired) electrons. The molecule has 2 aromatic heterocycles. The zero-order valence-electron chi connectivity index (χ0n) is 23.2. The van der Waals surface area contributed by atoms with E-state index in [9.17, 15) is 9.59 Å². The Kier molecular flexibility index (Phi) is 7.42. The van der Waals surface area contributed by atoms with Gasteiger partial charge in [-0.25, -0.2) is 0 Å². The third-order valence-electron chi connectivity index (χ3n) is 6.69. The Labute approximate surface area is 241 Å². The molecule has 0 aliphatic carbocycles. The minimum atomic E-state index is -0.400. The van der Waals surface area contributed by atoms with E-state index in [0.29, 0.717) is 35.7 Å². The molecular formula is C32H28N6O4. The lowest BCUT2D eigenvalue weighted by Crippen LogP contribution is -2.13. The second-order valence-electron chi connectivity index (χ2n) is 10.1. The number of unbranched alkanes of at least 4 members (excludes halogenated alkanes) is 1. The van der Waals surface area contributed by atoms with Crippen LogP contribution in [0.4, 0.5) is 0 Å². The third-order valence-corrected chi connectivity index (χ3v) is 6.69. The number of carbonyl (C=O) groups is 2. The van der Waals surface area contributed by atoms with E-state index in [4.69, 9.17) is 9.47 Å². The molecule has 0 unspecified atom stereocenters. The van der Waals surface area contributed by atoms with Crippen LogP contribution in [0, 0.1) is 13.8 Å². The molecule has 10 heteroatoms. The first-order valence-electron chi connectivity index (χ1n) is 13.7. The van der Waals surface area contributed by atoms with Gasteiger partial charge in [0.25, 0.3) is 0 Å². The molecule has 42 heavy (non-hydrogen) atoms. The van der Waals surface area contributed by atoms with Crippen molar-refractivity contribution < 1.29 is 19.1 Å². The summed E-state index contributed by atoms with van der Waals surface area (Å²) < 4.78 is 11.4. The SMILES string of the molecule is Cc1ccc(OC(=O)CCCCC(=O)Oc2ccc(C)cc2-n2nc3ccccc3n2)c(-n2nc3ccccc3n2)c1. The summed E-state index contributed by atoms with van der Waals surface area (Å²) in [6.07, 6.45) is 1.22. The molecule has 10 nitrogen and oxygen atoms in total. The van der Waals surface area contributed by atoms with Gasteiger partial charge in [-0.15, -0.1) is 30.0 Å². The maximum absolute atomic E-state index is 12.7. The molecule has 0 N–H and O–H groups in total. The second kappa shape index (κ2) is 11.6. The van der Waals surface area contributed by atoms with Gasteiger partial charge in [-0.05, 0) is 86.3 Å². The van der Waals surface area contributed by atoms with Gasteiger partial charge in [0.1, 0.15) is 33.4 Å². The number of carbonyl (C=O) groups excluding carboxylic acids is 2. The van der Waals surface area contributed by atoms with E-state index in [1.807, 2.05) is 86.6 Å². The standard InChI is InChI=1S/C32H28N6O4/c1-21-15-17-29(27(19-21)37-33-23-9-3-4-10-24(23)34-37)41-31(39)13-7-8-14-32(40)42-30-18-16-22(2)20-28(30)38-35-25-11-5-6-12-26(25)36-38/h3-6,9-12,15-20H,7-8,13-14H2,1-2H3. The molecule has 0 spiro atoms. The minimum absolute atomic E-state index is 0.148. The number of benzene rings is 4. The average molecular weight is 561 g/mol. The number of ether oxygens (including phenoxy) is 2. The fourth-order valence-corrected chi connectivity index (χ4v) is 4.56. The Bertz CT molecular complexity index is 1720. The van der Waals surface area contributed by atoms with Crippen LogP contribution in [0.15, 0.2) is 84.9 Å². The summed E-state index contributed by atoms with van der Waals surface area (Å²) in [5.41, 5.74) is 6.11. The number of aromatic nitrogens is 6. The van der Waals surface area contributed by atoms with Crippen LogP contribution in [0.1, 0.15) is 36.8 Å². The molecule has 6 rings (SSSR count). The van der Waals surface area contributed by atoms with Crippen LogP contribution in [-0.4, -0.2) is 41.9 Å². The Morgan fingerprint density at radius 1 is 0.571 bits per heavy atom. The monoisotopic (exact) mass is 560 g/mol. The zero-order chi connectivity index (χ0) is 29.1. The minimum Gasteiger partial charge on any atom is -0.424 e. The van der Waals surface area contributed by atoms with Gasteiger partial charge < -0.3 is 9.47 Å². The largest absolute Gasteiger partial charge is 0.424 e. The lowest BCUT2D eigenvalue weighted by atomic mass is 10.2. The number of hydrogen-bond acceptors (Lipinski definition) is 8. The van der Waals surface area contributed by atoms with Crippen molar-refractivity contribution in [2.75, 3.05) is 0 Å². The fraction of sp³-hybridized carbons (Fsp3) is 0.188. The van der Waals surface area contributed by atoms with E-state index in [0.717, 1.165) is 33.2 Å². The molecule has 4 aromatic carbocycles. The summed E-state index contributed by atoms with van der Waals surface area (Å²) in [4.78, 5) is 28.3. The topological polar surface area (TPSA) is 114 Å². The molecule has 0 fully saturated rings. The van der Waals surface area contributed by atoms with Gasteiger partial charge in [-0.2, -0.15) is 0 Å². The molecule has 0 amide bonds. The van der Waals surface area contributed by atoms with Gasteiger partial charge in [0.15, 0.2) is 11.5 Å². The average Bonchev–Trinajstić information content (AvgIpc) is 3.62. The van der Waals surface area contributed by atoms with Gasteiger partial charge in [0, 0.05) is 12.8 Å². The van der Waals surface area contributed by atoms with Crippen LogP contribution in [0.2, 0.25) is 0 Å². The quantitative estimate of drug-likeness (QED) is 0.123. The van der Waals surface area contributed by atoms with Crippen molar-refractivity contribution in [3.8, 4) is 22.9 Å². The Morgan fingerprint density at radius 2 is 0.929 bits per heavy atom. The van der Waals surface area contributed by atoms with Crippen molar-refractivity contribution in [2.45, 2.75) is 39.5 Å². The molecule has 0 atom stereocenters. The maximum atomic E-state index is 12.7. The molecule has 0 aliphatic rings. The lowest BCUT2D eigenvalue weighted by Gasteiger charge is -2.11. The first-order valence-corrected chi connectivity index (χ1v) is 13.7. The van der Waals surface area contributed by atoms with E-state index in [1.54, 1.807) is 12.1 Å². The van der Waals surface area contributed by atoms with E-state index in [-0.39, 0.29) is 12.8 Å². The van der Waals surface area contributed by atoms with Crippen molar-refractivity contribution >= 4 is 34.0 Å². The van der Waals surface area contributed by atoms with E-state index in [1.165, 1.54) is 9.59 Å². The van der Waals surface area contributed by atoms with Gasteiger partial charge in [-0.1, -0.05) is 36.4 Å². The molecular weight excluding hydrogens is 532 g/mol. The second-order valence-corrected chi connectivity index (χ2v) is 10.1. The highest BCUT2D eigenvalue weighted by atomic mass is 16.5. The molecule has 0 bridgehead atoms. The lowest BCUT2D eigenvalue weighted by molar-refractivity contribution is -0.136. The van der Waals surface area contributed by atoms with Crippen LogP contribution in [0.25, 0.3) is 33.4 Å². The van der Waals surface area contributed by atoms with Gasteiger partial charge in [0.2, 0.25) is 0 Å². The number of fused-ring (bicyclic) bond motifs is 2. The van der Waals surface area contributed by atoms with Gasteiger partial charge >= 0.3 is 11.9 Å². The Morgan fingerprint density at radius 3 is 1.29 bits per heavy atom. The summed E-state index contributed by atoms with van der Waals surface area (Å²) >= 11 is 0. The summed E-state index contributed by atoms with van der Waals surface area (Å²) in [7, 11) is 0. The number of rotatable bonds is 9. The maximum Gasteiger partial charge on any atom is 0.311 e. The van der Waals surface area contributed by atoms with E-state index >= 15 is 0 Å². The molecule has 0 saturated heterocycles. The Hall–Kier alpha value is -5.38. The summed E-state index contributed by atoms with van der Waals surface area (Å²) in [6.45, 7) is 3.90. The van der Waals surface area contributed by atoms with Gasteiger partial charge in [0.05, 0.1) is 0 Å². The molecule has 0 aliphatic heterocycles. The number of nitrogens with zero attached hydrogens (tertiary/aromatic N) is 6. The Balaban J connectivity index is 1.05. The first-order chi connectivity index (χ1) is 20.4. The van der Waals surface area contributed by atoms with Crippen LogP contribution in [0.3, 0.4) is 0 Å². The van der Waals surface area contributed by atoms with Crippen molar-refractivity contribution in [3.05, 3.63) is 96.1 Å². The number of hydrogen-bond donors (Lipinski definition) is 0. The predicted molar refractivity (Wildman–Crippen MR) is 157 cm³/mol. The van der Waals surface area contributed by atoms with Crippen LogP contribution >= 0.6 is 0 Å². The normalized spacial score (nSPS) is 11.2. The van der Waals surface area contributed by atoms with Gasteiger partial charge in [-0.3, -0.25) is 9.59 Å². The van der Waals surface area contributed by atoms with Crippen molar-refractivity contribution in [3.63, 3.8) is 0 Å². The number of esters is 2. The molecule has 210 valence electrons. The highest BCUT2D eigenvalue weighted by molar-refractivity contribution is 5.77.